The van der Waals surface area contributed by atoms with Gasteiger partial charge >= 0.3 is 12.1 Å². The van der Waals surface area contributed by atoms with Crippen molar-refractivity contribution in [3.8, 4) is 11.1 Å². The van der Waals surface area contributed by atoms with E-state index in [0.717, 1.165) is 36.8 Å². The highest BCUT2D eigenvalue weighted by Gasteiger charge is 2.48. The van der Waals surface area contributed by atoms with Crippen molar-refractivity contribution in [2.75, 3.05) is 6.61 Å². The first-order valence-corrected chi connectivity index (χ1v) is 10.5. The number of ether oxygens (including phenoxy) is 1. The molecule has 3 aliphatic rings. The number of benzene rings is 2. The molecule has 0 unspecified atom stereocenters. The van der Waals surface area contributed by atoms with Crippen LogP contribution in [-0.4, -0.2) is 40.8 Å². The van der Waals surface area contributed by atoms with Crippen LogP contribution < -0.4 is 0 Å². The third kappa shape index (κ3) is 3.00. The fourth-order valence-corrected chi connectivity index (χ4v) is 5.61. The molecular formula is C24H25NO4. The molecule has 1 saturated carbocycles. The molecule has 1 heterocycles. The molecule has 0 bridgehead atoms. The van der Waals surface area contributed by atoms with Gasteiger partial charge in [-0.3, -0.25) is 4.90 Å². The molecule has 29 heavy (non-hydrogen) atoms. The molecule has 1 saturated heterocycles. The maximum Gasteiger partial charge on any atom is 0.410 e. The molecular weight excluding hydrogens is 366 g/mol. The van der Waals surface area contributed by atoms with Crippen molar-refractivity contribution in [1.29, 1.82) is 0 Å². The lowest BCUT2D eigenvalue weighted by molar-refractivity contribution is -0.142. The first-order valence-electron chi connectivity index (χ1n) is 10.5. The Balaban J connectivity index is 1.37. The van der Waals surface area contributed by atoms with Crippen LogP contribution in [0.4, 0.5) is 4.79 Å². The lowest BCUT2D eigenvalue weighted by Gasteiger charge is -2.32. The Hall–Kier alpha value is -2.82. The lowest BCUT2D eigenvalue weighted by Crippen LogP contribution is -2.46. The number of nitrogens with zero attached hydrogens (tertiary/aromatic N) is 1. The Labute approximate surface area is 170 Å². The quantitative estimate of drug-likeness (QED) is 0.827. The molecule has 5 rings (SSSR count). The highest BCUT2D eigenvalue weighted by Crippen LogP contribution is 2.45. The van der Waals surface area contributed by atoms with Gasteiger partial charge in [-0.1, -0.05) is 61.4 Å². The topological polar surface area (TPSA) is 66.8 Å². The number of carbonyl (C=O) groups excluding carboxylic acids is 1. The maximum absolute atomic E-state index is 13.0. The van der Waals surface area contributed by atoms with Crippen molar-refractivity contribution in [1.82, 2.24) is 4.90 Å². The summed E-state index contributed by atoms with van der Waals surface area (Å²) >= 11 is 0. The van der Waals surface area contributed by atoms with E-state index in [1.165, 1.54) is 16.0 Å². The van der Waals surface area contributed by atoms with Crippen LogP contribution in [0.25, 0.3) is 11.1 Å². The largest absolute Gasteiger partial charge is 0.480 e. The number of aliphatic carboxylic acids is 1. The van der Waals surface area contributed by atoms with Crippen LogP contribution in [0.3, 0.4) is 0 Å². The van der Waals surface area contributed by atoms with Gasteiger partial charge in [-0.2, -0.15) is 0 Å². The third-order valence-electron chi connectivity index (χ3n) is 6.92. The fourth-order valence-electron chi connectivity index (χ4n) is 5.61. The van der Waals surface area contributed by atoms with Crippen molar-refractivity contribution in [2.45, 2.75) is 50.1 Å². The number of fused-ring (bicyclic) bond motifs is 4. The van der Waals surface area contributed by atoms with Gasteiger partial charge in [0.15, 0.2) is 0 Å². The Bertz CT molecular complexity index is 910. The number of amides is 1. The minimum atomic E-state index is -0.923. The third-order valence-corrected chi connectivity index (χ3v) is 6.92. The number of carboxylic acids is 1. The first-order chi connectivity index (χ1) is 14.1. The van der Waals surface area contributed by atoms with E-state index >= 15 is 0 Å². The lowest BCUT2D eigenvalue weighted by atomic mass is 9.85. The average Bonchev–Trinajstić information content (AvgIpc) is 3.29. The van der Waals surface area contributed by atoms with Crippen molar-refractivity contribution in [2.24, 2.45) is 5.92 Å². The molecule has 0 spiro atoms. The van der Waals surface area contributed by atoms with E-state index in [9.17, 15) is 14.7 Å². The molecule has 2 aliphatic carbocycles. The van der Waals surface area contributed by atoms with E-state index < -0.39 is 18.1 Å². The molecule has 0 radical (unpaired) electrons. The molecule has 150 valence electrons. The van der Waals surface area contributed by atoms with Gasteiger partial charge in [0.05, 0.1) is 0 Å². The molecule has 5 heteroatoms. The second kappa shape index (κ2) is 7.21. The van der Waals surface area contributed by atoms with Gasteiger partial charge in [-0.05, 0) is 47.4 Å². The van der Waals surface area contributed by atoms with Crippen molar-refractivity contribution < 1.29 is 19.4 Å². The number of hydrogen-bond acceptors (Lipinski definition) is 3. The summed E-state index contributed by atoms with van der Waals surface area (Å²) in [6.45, 7) is 0.229. The summed E-state index contributed by atoms with van der Waals surface area (Å²) in [5.74, 6) is -0.655. The summed E-state index contributed by atoms with van der Waals surface area (Å²) in [5, 5.41) is 9.67. The molecule has 5 nitrogen and oxygen atoms in total. The van der Waals surface area contributed by atoms with E-state index in [-0.39, 0.29) is 24.5 Å². The predicted octanol–water partition coefficient (Wildman–Crippen LogP) is 4.65. The standard InChI is InChI=1S/C24H25NO4/c26-23(27)22-13-15-7-1-6-12-21(15)25(22)24(28)29-14-20-18-10-4-2-8-16(18)17-9-3-5-11-19(17)20/h2-5,8-11,15,20-22H,1,6-7,12-14H2,(H,26,27)/t15-,21-,22+/m1/s1. The smallest absolute Gasteiger partial charge is 0.410 e. The van der Waals surface area contributed by atoms with Crippen LogP contribution in [0.1, 0.15) is 49.1 Å². The van der Waals surface area contributed by atoms with Gasteiger partial charge in [0.25, 0.3) is 0 Å². The molecule has 1 N–H and O–H groups in total. The van der Waals surface area contributed by atoms with Crippen LogP contribution in [0.2, 0.25) is 0 Å². The van der Waals surface area contributed by atoms with Crippen molar-refractivity contribution in [3.05, 3.63) is 59.7 Å². The van der Waals surface area contributed by atoms with Crippen LogP contribution in [0, 0.1) is 5.92 Å². The second-order valence-corrected chi connectivity index (χ2v) is 8.41. The SMILES string of the molecule is O=C(O)[C@@H]1C[C@H]2CCCC[C@H]2N1C(=O)OCC1c2ccccc2-c2ccccc21. The van der Waals surface area contributed by atoms with Gasteiger partial charge in [-0.25, -0.2) is 9.59 Å². The zero-order chi connectivity index (χ0) is 20.0. The Kier molecular flexibility index (Phi) is 4.53. The number of carboxylic acid groups (broad SMARTS) is 1. The van der Waals surface area contributed by atoms with Gasteiger partial charge in [0.2, 0.25) is 0 Å². The summed E-state index contributed by atoms with van der Waals surface area (Å²) in [5.41, 5.74) is 4.68. The highest BCUT2D eigenvalue weighted by molar-refractivity contribution is 5.82. The van der Waals surface area contributed by atoms with Gasteiger partial charge in [0.1, 0.15) is 12.6 Å². The minimum absolute atomic E-state index is 0.000463. The molecule has 3 atom stereocenters. The van der Waals surface area contributed by atoms with E-state index in [2.05, 4.69) is 24.3 Å². The summed E-state index contributed by atoms with van der Waals surface area (Å²) in [6, 6.07) is 15.7. The molecule has 2 aromatic carbocycles. The van der Waals surface area contributed by atoms with E-state index in [4.69, 9.17) is 4.74 Å². The summed E-state index contributed by atoms with van der Waals surface area (Å²) in [6.07, 6.45) is 4.10. The average molecular weight is 391 g/mol. The minimum Gasteiger partial charge on any atom is -0.480 e. The highest BCUT2D eigenvalue weighted by atomic mass is 16.6. The fraction of sp³-hybridized carbons (Fsp3) is 0.417. The van der Waals surface area contributed by atoms with Crippen LogP contribution in [-0.2, 0) is 9.53 Å². The molecule has 1 amide bonds. The first kappa shape index (κ1) is 18.2. The van der Waals surface area contributed by atoms with Gasteiger partial charge < -0.3 is 9.84 Å². The van der Waals surface area contributed by atoms with E-state index in [0.29, 0.717) is 6.42 Å². The Morgan fingerprint density at radius 3 is 2.24 bits per heavy atom. The molecule has 2 aromatic rings. The summed E-state index contributed by atoms with van der Waals surface area (Å²) in [4.78, 5) is 26.4. The van der Waals surface area contributed by atoms with Crippen molar-refractivity contribution >= 4 is 12.1 Å². The zero-order valence-corrected chi connectivity index (χ0v) is 16.3. The number of hydrogen-bond donors (Lipinski definition) is 1. The predicted molar refractivity (Wildman–Crippen MR) is 109 cm³/mol. The van der Waals surface area contributed by atoms with Crippen LogP contribution in [0.15, 0.2) is 48.5 Å². The molecule has 1 aliphatic heterocycles. The maximum atomic E-state index is 13.0. The van der Waals surface area contributed by atoms with E-state index in [1.807, 2.05) is 24.3 Å². The summed E-state index contributed by atoms with van der Waals surface area (Å²) < 4.78 is 5.78. The molecule has 2 fully saturated rings. The zero-order valence-electron chi connectivity index (χ0n) is 16.3. The van der Waals surface area contributed by atoms with Crippen LogP contribution in [0.5, 0.6) is 0 Å². The normalized spacial score (nSPS) is 25.2. The monoisotopic (exact) mass is 391 g/mol. The Morgan fingerprint density at radius 1 is 0.966 bits per heavy atom. The second-order valence-electron chi connectivity index (χ2n) is 8.41. The van der Waals surface area contributed by atoms with Crippen molar-refractivity contribution in [3.63, 3.8) is 0 Å². The van der Waals surface area contributed by atoms with Gasteiger partial charge in [-0.15, -0.1) is 0 Å². The van der Waals surface area contributed by atoms with E-state index in [1.54, 1.807) is 0 Å². The summed E-state index contributed by atoms with van der Waals surface area (Å²) in [7, 11) is 0. The van der Waals surface area contributed by atoms with Gasteiger partial charge in [0, 0.05) is 12.0 Å². The molecule has 0 aromatic heterocycles. The number of rotatable bonds is 3. The number of likely N-dealkylation sites (tertiary alicyclic amines) is 1. The number of carbonyl (C=O) groups is 2. The Morgan fingerprint density at radius 2 is 1.59 bits per heavy atom. The van der Waals surface area contributed by atoms with Crippen LogP contribution >= 0.6 is 0 Å².